The van der Waals surface area contributed by atoms with Crippen LogP contribution in [-0.2, 0) is 0 Å². The molecule has 0 saturated heterocycles. The first-order valence-corrected chi connectivity index (χ1v) is 9.18. The topological polar surface area (TPSA) is 0 Å². The van der Waals surface area contributed by atoms with Gasteiger partial charge >= 0.3 is 0 Å². The highest BCUT2D eigenvalue weighted by Gasteiger charge is 2.80. The van der Waals surface area contributed by atoms with Crippen LogP contribution < -0.4 is 0 Å². The Labute approximate surface area is 133 Å². The lowest BCUT2D eigenvalue weighted by Gasteiger charge is -2.27. The summed E-state index contributed by atoms with van der Waals surface area (Å²) < 4.78 is 0. The van der Waals surface area contributed by atoms with E-state index >= 15 is 0 Å². The maximum atomic E-state index is 2.48. The summed E-state index contributed by atoms with van der Waals surface area (Å²) in [6, 6.07) is 0. The molecule has 2 fully saturated rings. The molecule has 0 aromatic rings. The quantitative estimate of drug-likeness (QED) is 0.505. The third-order valence-electron chi connectivity index (χ3n) is 8.27. The maximum absolute atomic E-state index is 2.48. The van der Waals surface area contributed by atoms with Crippen LogP contribution in [0.3, 0.4) is 0 Å². The zero-order chi connectivity index (χ0) is 14.5. The van der Waals surface area contributed by atoms with Crippen molar-refractivity contribution < 1.29 is 0 Å². The Morgan fingerprint density at radius 3 is 0.727 bits per heavy atom. The van der Waals surface area contributed by atoms with E-state index < -0.39 is 0 Å². The number of hydrogen-bond donors (Lipinski definition) is 0. The van der Waals surface area contributed by atoms with Crippen LogP contribution in [0.1, 0.15) is 51.4 Å². The zero-order valence-corrected chi connectivity index (χ0v) is 13.3. The zero-order valence-electron chi connectivity index (χ0n) is 13.3. The number of hydrogen-bond acceptors (Lipinski definition) is 0. The second-order valence-electron chi connectivity index (χ2n) is 8.60. The monoisotopic (exact) mass is 288 g/mol. The molecule has 0 nitrogen and oxygen atoms in total. The van der Waals surface area contributed by atoms with E-state index in [-0.39, 0.29) is 0 Å². The molecule has 0 radical (unpaired) electrons. The van der Waals surface area contributed by atoms with E-state index in [9.17, 15) is 0 Å². The van der Waals surface area contributed by atoms with Crippen LogP contribution in [-0.4, -0.2) is 0 Å². The summed E-state index contributed by atoms with van der Waals surface area (Å²) in [7, 11) is 0. The predicted octanol–water partition coefficient (Wildman–Crippen LogP) is 5.66. The Hall–Kier alpha value is -1.30. The molecule has 22 heavy (non-hydrogen) atoms. The van der Waals surface area contributed by atoms with Crippen LogP contribution in [0.4, 0.5) is 0 Å². The van der Waals surface area contributed by atoms with Gasteiger partial charge in [-0.05, 0) is 51.4 Å². The third-order valence-corrected chi connectivity index (χ3v) is 8.27. The van der Waals surface area contributed by atoms with Gasteiger partial charge in [0.2, 0.25) is 0 Å². The SMILES string of the molecule is C1=CCC23CC=CCC2(C1)C3=C1C23CC=CCC12CC=CC3. The van der Waals surface area contributed by atoms with Crippen LogP contribution in [0.2, 0.25) is 0 Å². The maximum Gasteiger partial charge on any atom is 0.00898 e. The highest BCUT2D eigenvalue weighted by Crippen LogP contribution is 2.89. The summed E-state index contributed by atoms with van der Waals surface area (Å²) in [4.78, 5) is 0. The fourth-order valence-corrected chi connectivity index (χ4v) is 7.22. The molecule has 0 amide bonds. The van der Waals surface area contributed by atoms with Crippen LogP contribution in [0.25, 0.3) is 0 Å². The van der Waals surface area contributed by atoms with Gasteiger partial charge in [-0.15, -0.1) is 0 Å². The van der Waals surface area contributed by atoms with Gasteiger partial charge in [-0.25, -0.2) is 0 Å². The number of rotatable bonds is 0. The van der Waals surface area contributed by atoms with E-state index in [1.54, 1.807) is 0 Å². The Balaban J connectivity index is 1.58. The minimum Gasteiger partial charge on any atom is -0.0876 e. The van der Waals surface area contributed by atoms with Gasteiger partial charge in [0.05, 0.1) is 0 Å². The van der Waals surface area contributed by atoms with Crippen LogP contribution in [0, 0.1) is 21.7 Å². The summed E-state index contributed by atoms with van der Waals surface area (Å²) >= 11 is 0. The van der Waals surface area contributed by atoms with Gasteiger partial charge in [0.25, 0.3) is 0 Å². The lowest BCUT2D eigenvalue weighted by Crippen LogP contribution is -2.17. The van der Waals surface area contributed by atoms with E-state index in [2.05, 4.69) is 48.6 Å². The molecule has 0 aromatic heterocycles. The van der Waals surface area contributed by atoms with Crippen molar-refractivity contribution in [3.05, 3.63) is 59.8 Å². The first-order chi connectivity index (χ1) is 10.8. The second-order valence-corrected chi connectivity index (χ2v) is 8.60. The summed E-state index contributed by atoms with van der Waals surface area (Å²) in [5.74, 6) is 0. The summed E-state index contributed by atoms with van der Waals surface area (Å²) in [6.07, 6.45) is 30.3. The molecule has 6 aliphatic carbocycles. The minimum absolute atomic E-state index is 0.535. The first kappa shape index (κ1) is 12.2. The molecule has 0 unspecified atom stereocenters. The fraction of sp³-hybridized carbons (Fsp3) is 0.545. The van der Waals surface area contributed by atoms with Crippen molar-refractivity contribution in [3.8, 4) is 0 Å². The Morgan fingerprint density at radius 1 is 0.364 bits per heavy atom. The highest BCUT2D eigenvalue weighted by atomic mass is 14.8. The summed E-state index contributed by atoms with van der Waals surface area (Å²) in [5.41, 5.74) is 6.03. The van der Waals surface area contributed by atoms with E-state index in [0.29, 0.717) is 21.7 Å². The van der Waals surface area contributed by atoms with Crippen molar-refractivity contribution in [1.29, 1.82) is 0 Å². The van der Waals surface area contributed by atoms with Crippen molar-refractivity contribution in [2.75, 3.05) is 0 Å². The molecule has 0 atom stereocenters. The largest absolute Gasteiger partial charge is 0.0876 e. The molecule has 112 valence electrons. The van der Waals surface area contributed by atoms with Gasteiger partial charge < -0.3 is 0 Å². The summed E-state index contributed by atoms with van der Waals surface area (Å²) in [5, 5.41) is 0. The van der Waals surface area contributed by atoms with Crippen LogP contribution in [0.5, 0.6) is 0 Å². The van der Waals surface area contributed by atoms with E-state index in [1.807, 2.05) is 11.1 Å². The molecule has 6 aliphatic rings. The van der Waals surface area contributed by atoms with Gasteiger partial charge in [0.1, 0.15) is 0 Å². The smallest absolute Gasteiger partial charge is 0.00898 e. The molecule has 0 aromatic carbocycles. The van der Waals surface area contributed by atoms with E-state index in [1.165, 1.54) is 51.4 Å². The third kappa shape index (κ3) is 0.996. The van der Waals surface area contributed by atoms with E-state index in [0.717, 1.165) is 0 Å². The molecule has 2 saturated carbocycles. The minimum atomic E-state index is 0.535. The lowest BCUT2D eigenvalue weighted by molar-refractivity contribution is 0.315. The molecular formula is C22H24. The summed E-state index contributed by atoms with van der Waals surface area (Å²) in [6.45, 7) is 0. The second kappa shape index (κ2) is 3.45. The molecule has 0 heteroatoms. The molecule has 0 spiro atoms. The van der Waals surface area contributed by atoms with Gasteiger partial charge in [0.15, 0.2) is 0 Å². The Morgan fingerprint density at radius 2 is 0.545 bits per heavy atom. The number of allylic oxidation sites excluding steroid dienone is 10. The normalized spacial score (nSPS) is 52.7. The average molecular weight is 288 g/mol. The van der Waals surface area contributed by atoms with Crippen LogP contribution in [0.15, 0.2) is 59.8 Å². The van der Waals surface area contributed by atoms with Gasteiger partial charge in [0, 0.05) is 21.7 Å². The highest BCUT2D eigenvalue weighted by molar-refractivity contribution is 5.66. The van der Waals surface area contributed by atoms with Crippen molar-refractivity contribution in [2.24, 2.45) is 21.7 Å². The fourth-order valence-electron chi connectivity index (χ4n) is 7.22. The Bertz CT molecular complexity index is 567. The van der Waals surface area contributed by atoms with Crippen molar-refractivity contribution in [3.63, 3.8) is 0 Å². The van der Waals surface area contributed by atoms with Crippen molar-refractivity contribution in [1.82, 2.24) is 0 Å². The lowest BCUT2D eigenvalue weighted by atomic mass is 9.76. The average Bonchev–Trinajstić information content (AvgIpc) is 3.38. The van der Waals surface area contributed by atoms with E-state index in [4.69, 9.17) is 0 Å². The molecular weight excluding hydrogens is 264 g/mol. The van der Waals surface area contributed by atoms with Crippen molar-refractivity contribution in [2.45, 2.75) is 51.4 Å². The van der Waals surface area contributed by atoms with Gasteiger partial charge in [-0.1, -0.05) is 59.8 Å². The van der Waals surface area contributed by atoms with Gasteiger partial charge in [-0.2, -0.15) is 0 Å². The Kier molecular flexibility index (Phi) is 1.91. The van der Waals surface area contributed by atoms with Crippen molar-refractivity contribution >= 4 is 0 Å². The predicted molar refractivity (Wildman–Crippen MR) is 90.3 cm³/mol. The molecule has 0 heterocycles. The first-order valence-electron chi connectivity index (χ1n) is 9.18. The molecule has 0 N–H and O–H groups in total. The molecule has 6 rings (SSSR count). The van der Waals surface area contributed by atoms with Crippen LogP contribution >= 0.6 is 0 Å². The standard InChI is InChI=1S/C22H24/c1-2-10-20-12-4-3-11-19(20,9-1)17(20)18-21-13-5-6-14-22(18,21)16-8-7-15-21/h1-8H,9-16H2. The molecule has 0 aliphatic heterocycles. The molecule has 0 bridgehead atoms. The van der Waals surface area contributed by atoms with Gasteiger partial charge in [-0.3, -0.25) is 0 Å².